The van der Waals surface area contributed by atoms with Crippen molar-refractivity contribution in [3.63, 3.8) is 0 Å². The fraction of sp³-hybridized carbons (Fsp3) is 0.500. The molecule has 0 amide bonds. The number of aliphatic hydroxyl groups is 1. The SMILES string of the molecule is CC[C@H](CO)NS(=O)(=O)c1cc(OC)c(OC)cc1Br. The molecule has 0 radical (unpaired) electrons. The quantitative estimate of drug-likeness (QED) is 0.762. The van der Waals surface area contributed by atoms with E-state index in [9.17, 15) is 8.42 Å². The van der Waals surface area contributed by atoms with Crippen LogP contribution in [0.4, 0.5) is 0 Å². The highest BCUT2D eigenvalue weighted by atomic mass is 79.9. The number of aliphatic hydroxyl groups excluding tert-OH is 1. The summed E-state index contributed by atoms with van der Waals surface area (Å²) in [5, 5.41) is 9.11. The number of halogens is 1. The molecule has 1 rings (SSSR count). The van der Waals surface area contributed by atoms with E-state index >= 15 is 0 Å². The minimum atomic E-state index is -3.76. The summed E-state index contributed by atoms with van der Waals surface area (Å²) in [6, 6.07) is 2.36. The number of ether oxygens (including phenoxy) is 2. The van der Waals surface area contributed by atoms with E-state index in [0.29, 0.717) is 22.4 Å². The summed E-state index contributed by atoms with van der Waals surface area (Å²) in [7, 11) is -0.868. The predicted molar refractivity (Wildman–Crippen MR) is 78.7 cm³/mol. The molecule has 0 aromatic heterocycles. The number of benzene rings is 1. The van der Waals surface area contributed by atoms with E-state index in [2.05, 4.69) is 20.7 Å². The lowest BCUT2D eigenvalue weighted by Crippen LogP contribution is -2.37. The second-order valence-electron chi connectivity index (χ2n) is 4.05. The number of sulfonamides is 1. The second kappa shape index (κ2) is 7.26. The van der Waals surface area contributed by atoms with Gasteiger partial charge in [-0.05, 0) is 28.4 Å². The van der Waals surface area contributed by atoms with E-state index < -0.39 is 16.1 Å². The molecule has 2 N–H and O–H groups in total. The summed E-state index contributed by atoms with van der Waals surface area (Å²) in [6.07, 6.45) is 0.487. The third-order valence-electron chi connectivity index (χ3n) is 2.76. The largest absolute Gasteiger partial charge is 0.493 e. The molecule has 0 aliphatic rings. The molecule has 114 valence electrons. The predicted octanol–water partition coefficient (Wildman–Crippen LogP) is 1.52. The Kier molecular flexibility index (Phi) is 6.25. The van der Waals surface area contributed by atoms with Crippen LogP contribution >= 0.6 is 15.9 Å². The Labute approximate surface area is 127 Å². The minimum absolute atomic E-state index is 0.0297. The molecule has 20 heavy (non-hydrogen) atoms. The van der Waals surface area contributed by atoms with Crippen LogP contribution in [0.15, 0.2) is 21.5 Å². The molecule has 0 saturated carbocycles. The van der Waals surface area contributed by atoms with Crippen molar-refractivity contribution in [1.29, 1.82) is 0 Å². The summed E-state index contributed by atoms with van der Waals surface area (Å²) < 4.78 is 37.6. The van der Waals surface area contributed by atoms with Gasteiger partial charge in [0.2, 0.25) is 10.0 Å². The third-order valence-corrected chi connectivity index (χ3v) is 5.24. The second-order valence-corrected chi connectivity index (χ2v) is 6.58. The van der Waals surface area contributed by atoms with Crippen LogP contribution in [0, 0.1) is 0 Å². The molecule has 0 aliphatic carbocycles. The molecule has 0 aliphatic heterocycles. The molecule has 0 bridgehead atoms. The van der Waals surface area contributed by atoms with Gasteiger partial charge in [-0.3, -0.25) is 0 Å². The lowest BCUT2D eigenvalue weighted by molar-refractivity contribution is 0.254. The van der Waals surface area contributed by atoms with Crippen molar-refractivity contribution in [1.82, 2.24) is 4.72 Å². The zero-order valence-corrected chi connectivity index (χ0v) is 13.9. The van der Waals surface area contributed by atoms with E-state index in [-0.39, 0.29) is 11.5 Å². The Hall–Kier alpha value is -0.830. The summed E-state index contributed by atoms with van der Waals surface area (Å²) in [6.45, 7) is 1.52. The van der Waals surface area contributed by atoms with Gasteiger partial charge >= 0.3 is 0 Å². The van der Waals surface area contributed by atoms with E-state index in [4.69, 9.17) is 14.6 Å². The first-order valence-corrected chi connectivity index (χ1v) is 8.21. The van der Waals surface area contributed by atoms with Crippen LogP contribution in [0.2, 0.25) is 0 Å². The Morgan fingerprint density at radius 2 is 1.85 bits per heavy atom. The number of rotatable bonds is 7. The van der Waals surface area contributed by atoms with Crippen molar-refractivity contribution in [3.8, 4) is 11.5 Å². The van der Waals surface area contributed by atoms with E-state index in [1.807, 2.05) is 0 Å². The maximum absolute atomic E-state index is 12.3. The molecule has 6 nitrogen and oxygen atoms in total. The maximum atomic E-state index is 12.3. The van der Waals surface area contributed by atoms with Crippen molar-refractivity contribution < 1.29 is 23.0 Å². The van der Waals surface area contributed by atoms with Gasteiger partial charge in [0.05, 0.1) is 20.8 Å². The Morgan fingerprint density at radius 3 is 2.30 bits per heavy atom. The van der Waals surface area contributed by atoms with Gasteiger partial charge < -0.3 is 14.6 Å². The van der Waals surface area contributed by atoms with Gasteiger partial charge in [0.15, 0.2) is 11.5 Å². The topological polar surface area (TPSA) is 84.9 Å². The Balaban J connectivity index is 3.24. The first-order valence-electron chi connectivity index (χ1n) is 5.94. The minimum Gasteiger partial charge on any atom is -0.493 e. The highest BCUT2D eigenvalue weighted by Crippen LogP contribution is 2.35. The first-order chi connectivity index (χ1) is 9.39. The van der Waals surface area contributed by atoms with Crippen LogP contribution in [-0.2, 0) is 10.0 Å². The highest BCUT2D eigenvalue weighted by Gasteiger charge is 2.23. The van der Waals surface area contributed by atoms with Gasteiger partial charge in [0, 0.05) is 16.6 Å². The van der Waals surface area contributed by atoms with Gasteiger partial charge in [-0.1, -0.05) is 6.92 Å². The van der Waals surface area contributed by atoms with Crippen LogP contribution in [0.5, 0.6) is 11.5 Å². The van der Waals surface area contributed by atoms with Gasteiger partial charge in [-0.25, -0.2) is 13.1 Å². The fourth-order valence-corrected chi connectivity index (χ4v) is 3.92. The number of methoxy groups -OCH3 is 2. The van der Waals surface area contributed by atoms with Crippen molar-refractivity contribution in [2.75, 3.05) is 20.8 Å². The molecule has 0 spiro atoms. The molecule has 8 heteroatoms. The average molecular weight is 368 g/mol. The first kappa shape index (κ1) is 17.2. The summed E-state index contributed by atoms with van der Waals surface area (Å²) in [5.41, 5.74) is 0. The summed E-state index contributed by atoms with van der Waals surface area (Å²) in [4.78, 5) is 0.0297. The highest BCUT2D eigenvalue weighted by molar-refractivity contribution is 9.10. The van der Waals surface area contributed by atoms with Crippen molar-refractivity contribution in [2.24, 2.45) is 0 Å². The molecule has 1 aromatic carbocycles. The van der Waals surface area contributed by atoms with Crippen LogP contribution in [0.25, 0.3) is 0 Å². The van der Waals surface area contributed by atoms with Crippen LogP contribution in [-0.4, -0.2) is 40.4 Å². The fourth-order valence-electron chi connectivity index (χ4n) is 1.57. The van der Waals surface area contributed by atoms with E-state index in [1.165, 1.54) is 26.4 Å². The molecule has 0 saturated heterocycles. The zero-order valence-electron chi connectivity index (χ0n) is 11.5. The normalized spacial score (nSPS) is 13.1. The number of nitrogens with one attached hydrogen (secondary N) is 1. The molecule has 1 aromatic rings. The molecule has 0 heterocycles. The van der Waals surface area contributed by atoms with E-state index in [0.717, 1.165) is 0 Å². The van der Waals surface area contributed by atoms with Gasteiger partial charge in [-0.2, -0.15) is 0 Å². The Morgan fingerprint density at radius 1 is 1.30 bits per heavy atom. The molecule has 0 fully saturated rings. The van der Waals surface area contributed by atoms with Crippen LogP contribution in [0.3, 0.4) is 0 Å². The van der Waals surface area contributed by atoms with Crippen molar-refractivity contribution in [2.45, 2.75) is 24.3 Å². The zero-order chi connectivity index (χ0) is 15.3. The van der Waals surface area contributed by atoms with Gasteiger partial charge in [0.25, 0.3) is 0 Å². The summed E-state index contributed by atoms with van der Waals surface area (Å²) >= 11 is 3.20. The Bertz CT molecular complexity index is 557. The van der Waals surface area contributed by atoms with Gasteiger partial charge in [-0.15, -0.1) is 0 Å². The van der Waals surface area contributed by atoms with Crippen molar-refractivity contribution in [3.05, 3.63) is 16.6 Å². The third kappa shape index (κ3) is 3.85. The number of hydrogen-bond donors (Lipinski definition) is 2. The van der Waals surface area contributed by atoms with Crippen LogP contribution in [0.1, 0.15) is 13.3 Å². The monoisotopic (exact) mass is 367 g/mol. The summed E-state index contributed by atoms with van der Waals surface area (Å²) in [5.74, 6) is 0.737. The van der Waals surface area contributed by atoms with Crippen LogP contribution < -0.4 is 14.2 Å². The van der Waals surface area contributed by atoms with Gasteiger partial charge in [0.1, 0.15) is 4.90 Å². The molecule has 1 atom stereocenters. The number of hydrogen-bond acceptors (Lipinski definition) is 5. The lowest BCUT2D eigenvalue weighted by Gasteiger charge is -2.16. The maximum Gasteiger partial charge on any atom is 0.242 e. The van der Waals surface area contributed by atoms with E-state index in [1.54, 1.807) is 6.92 Å². The molecular formula is C12H18BrNO5S. The average Bonchev–Trinajstić information content (AvgIpc) is 2.43. The van der Waals surface area contributed by atoms with Crippen molar-refractivity contribution >= 4 is 26.0 Å². The lowest BCUT2D eigenvalue weighted by atomic mass is 10.3. The smallest absolute Gasteiger partial charge is 0.242 e. The molecule has 0 unspecified atom stereocenters. The standard InChI is InChI=1S/C12H18BrNO5S/c1-4-8(7-15)14-20(16,17)12-6-11(19-3)10(18-2)5-9(12)13/h5-6,8,14-15H,4,7H2,1-3H3/t8-/m1/s1. The molecular weight excluding hydrogens is 350 g/mol.